The van der Waals surface area contributed by atoms with Crippen molar-refractivity contribution in [2.24, 2.45) is 23.7 Å². The molecule has 3 atom stereocenters. The van der Waals surface area contributed by atoms with Gasteiger partial charge in [-0.05, 0) is 56.3 Å². The topological polar surface area (TPSA) is 67.4 Å². The Morgan fingerprint density at radius 2 is 1.88 bits per heavy atom. The van der Waals surface area contributed by atoms with Crippen LogP contribution in [0.3, 0.4) is 0 Å². The fraction of sp³-hybridized carbons (Fsp3) is 0.882. The lowest BCUT2D eigenvalue weighted by molar-refractivity contribution is -0.129. The molecule has 3 aliphatic carbocycles. The molecule has 5 nitrogen and oxygen atoms in total. The highest BCUT2D eigenvalue weighted by molar-refractivity contribution is 5.79. The highest BCUT2D eigenvalue weighted by Gasteiger charge is 2.43. The fourth-order valence-electron chi connectivity index (χ4n) is 4.01. The van der Waals surface area contributed by atoms with E-state index in [4.69, 9.17) is 0 Å². The first kappa shape index (κ1) is 17.6. The summed E-state index contributed by atoms with van der Waals surface area (Å²) in [6.07, 6.45) is 3.67. The van der Waals surface area contributed by atoms with Gasteiger partial charge in [0.15, 0.2) is 0 Å². The summed E-state index contributed by atoms with van der Waals surface area (Å²) < 4.78 is 28.4. The number of nitrogens with one attached hydrogen (secondary N) is 2. The highest BCUT2D eigenvalue weighted by atomic mass is 19.3. The van der Waals surface area contributed by atoms with Crippen molar-refractivity contribution in [2.75, 3.05) is 19.8 Å². The average Bonchev–Trinajstić information content (AvgIpc) is 3.27. The lowest BCUT2D eigenvalue weighted by atomic mass is 9.80. The third-order valence-electron chi connectivity index (χ3n) is 5.56. The molecule has 0 bridgehead atoms. The van der Waals surface area contributed by atoms with Crippen LogP contribution in [0.4, 0.5) is 8.78 Å². The van der Waals surface area contributed by atoms with Gasteiger partial charge in [0.1, 0.15) is 13.2 Å². The summed E-state index contributed by atoms with van der Waals surface area (Å²) in [4.78, 5) is 23.7. The summed E-state index contributed by atoms with van der Waals surface area (Å²) >= 11 is 0. The van der Waals surface area contributed by atoms with Crippen molar-refractivity contribution in [1.82, 2.24) is 10.6 Å². The van der Waals surface area contributed by atoms with Gasteiger partial charge in [0.05, 0.1) is 0 Å². The molecule has 3 fully saturated rings. The minimum atomic E-state index is -2.55. The Balaban J connectivity index is 1.23. The van der Waals surface area contributed by atoms with Crippen LogP contribution in [0.25, 0.3) is 0 Å². The van der Waals surface area contributed by atoms with Crippen molar-refractivity contribution in [3.63, 3.8) is 0 Å². The minimum Gasteiger partial charge on any atom is -0.366 e. The van der Waals surface area contributed by atoms with Crippen LogP contribution in [0.2, 0.25) is 0 Å². The number of amides is 2. The van der Waals surface area contributed by atoms with Crippen LogP contribution in [-0.2, 0) is 14.3 Å². The quantitative estimate of drug-likeness (QED) is 0.704. The molecular formula is C17H26F2N2O3. The van der Waals surface area contributed by atoms with Crippen LogP contribution < -0.4 is 10.6 Å². The molecule has 3 unspecified atom stereocenters. The molecule has 136 valence electrons. The van der Waals surface area contributed by atoms with E-state index in [0.717, 1.165) is 37.5 Å². The molecule has 3 rings (SSSR count). The SMILES string of the molecule is O=C(COCC(F)F)NC1CC(CNC(=O)C2CCC3CC3C2)C1. The maximum atomic E-state index is 12.2. The summed E-state index contributed by atoms with van der Waals surface area (Å²) in [6, 6.07) is 0.0662. The molecule has 7 heteroatoms. The summed E-state index contributed by atoms with van der Waals surface area (Å²) in [5.41, 5.74) is 0. The van der Waals surface area contributed by atoms with E-state index in [2.05, 4.69) is 15.4 Å². The van der Waals surface area contributed by atoms with E-state index in [0.29, 0.717) is 12.5 Å². The Kier molecular flexibility index (Phi) is 5.69. The lowest BCUT2D eigenvalue weighted by Crippen LogP contribution is -2.49. The molecule has 0 aromatic carbocycles. The molecule has 0 heterocycles. The number of alkyl halides is 2. The van der Waals surface area contributed by atoms with E-state index < -0.39 is 13.0 Å². The number of carbonyl (C=O) groups is 2. The molecule has 0 aromatic heterocycles. The summed E-state index contributed by atoms with van der Waals surface area (Å²) in [5, 5.41) is 5.82. The lowest BCUT2D eigenvalue weighted by Gasteiger charge is -2.36. The minimum absolute atomic E-state index is 0.0662. The van der Waals surface area contributed by atoms with Crippen LogP contribution in [-0.4, -0.2) is 44.0 Å². The van der Waals surface area contributed by atoms with E-state index in [-0.39, 0.29) is 30.4 Å². The van der Waals surface area contributed by atoms with Crippen molar-refractivity contribution in [3.8, 4) is 0 Å². The van der Waals surface area contributed by atoms with Crippen LogP contribution in [0, 0.1) is 23.7 Å². The molecule has 0 radical (unpaired) electrons. The molecule has 2 N–H and O–H groups in total. The number of halogens is 2. The molecule has 3 saturated carbocycles. The van der Waals surface area contributed by atoms with Gasteiger partial charge in [-0.1, -0.05) is 0 Å². The number of rotatable bonds is 8. The van der Waals surface area contributed by atoms with Crippen molar-refractivity contribution >= 4 is 11.8 Å². The zero-order valence-electron chi connectivity index (χ0n) is 13.8. The Bertz CT molecular complexity index is 469. The normalized spacial score (nSPS) is 34.2. The zero-order chi connectivity index (χ0) is 17.1. The Hall–Kier alpha value is -1.24. The Labute approximate surface area is 140 Å². The van der Waals surface area contributed by atoms with Crippen LogP contribution in [0.15, 0.2) is 0 Å². The van der Waals surface area contributed by atoms with Gasteiger partial charge in [-0.2, -0.15) is 0 Å². The van der Waals surface area contributed by atoms with Gasteiger partial charge >= 0.3 is 0 Å². The first-order chi connectivity index (χ1) is 11.5. The molecular weight excluding hydrogens is 318 g/mol. The standard InChI is InChI=1S/C17H26F2N2O3/c18-15(19)8-24-9-16(22)21-14-3-10(4-14)7-20-17(23)12-2-1-11-5-13(11)6-12/h10-15H,1-9H2,(H,20,23)(H,21,22). The molecule has 0 spiro atoms. The number of ether oxygens (including phenoxy) is 1. The maximum Gasteiger partial charge on any atom is 0.261 e. The van der Waals surface area contributed by atoms with Crippen LogP contribution >= 0.6 is 0 Å². The van der Waals surface area contributed by atoms with Gasteiger partial charge in [0, 0.05) is 18.5 Å². The Morgan fingerprint density at radius 1 is 1.08 bits per heavy atom. The maximum absolute atomic E-state index is 12.2. The second-order valence-electron chi connectivity index (χ2n) is 7.52. The first-order valence-electron chi connectivity index (χ1n) is 8.94. The average molecular weight is 344 g/mol. The van der Waals surface area contributed by atoms with Gasteiger partial charge in [-0.15, -0.1) is 0 Å². The number of fused-ring (bicyclic) bond motifs is 1. The van der Waals surface area contributed by atoms with Gasteiger partial charge in [0.25, 0.3) is 6.43 Å². The number of hydrogen-bond acceptors (Lipinski definition) is 3. The molecule has 0 aromatic rings. The van der Waals surface area contributed by atoms with E-state index in [1.54, 1.807) is 0 Å². The van der Waals surface area contributed by atoms with Crippen LogP contribution in [0.1, 0.15) is 38.5 Å². The number of hydrogen-bond donors (Lipinski definition) is 2. The van der Waals surface area contributed by atoms with Gasteiger partial charge in [-0.25, -0.2) is 8.78 Å². The van der Waals surface area contributed by atoms with Crippen molar-refractivity contribution in [2.45, 2.75) is 51.0 Å². The molecule has 2 amide bonds. The second kappa shape index (κ2) is 7.76. The third kappa shape index (κ3) is 4.88. The van der Waals surface area contributed by atoms with Crippen LogP contribution in [0.5, 0.6) is 0 Å². The van der Waals surface area contributed by atoms with E-state index >= 15 is 0 Å². The molecule has 24 heavy (non-hydrogen) atoms. The van der Waals surface area contributed by atoms with E-state index in [1.807, 2.05) is 0 Å². The fourth-order valence-corrected chi connectivity index (χ4v) is 4.01. The van der Waals surface area contributed by atoms with Crippen molar-refractivity contribution < 1.29 is 23.1 Å². The predicted octanol–water partition coefficient (Wildman–Crippen LogP) is 1.72. The monoisotopic (exact) mass is 344 g/mol. The van der Waals surface area contributed by atoms with Gasteiger partial charge < -0.3 is 15.4 Å². The predicted molar refractivity (Wildman–Crippen MR) is 83.4 cm³/mol. The Morgan fingerprint density at radius 3 is 2.58 bits per heavy atom. The smallest absolute Gasteiger partial charge is 0.261 e. The van der Waals surface area contributed by atoms with Crippen molar-refractivity contribution in [1.29, 1.82) is 0 Å². The molecule has 3 aliphatic rings. The number of carbonyl (C=O) groups excluding carboxylic acids is 2. The van der Waals surface area contributed by atoms with Crippen molar-refractivity contribution in [3.05, 3.63) is 0 Å². The van der Waals surface area contributed by atoms with Gasteiger partial charge in [0.2, 0.25) is 11.8 Å². The molecule has 0 aliphatic heterocycles. The first-order valence-corrected chi connectivity index (χ1v) is 8.94. The summed E-state index contributed by atoms with van der Waals surface area (Å²) in [5.74, 6) is 2.10. The summed E-state index contributed by atoms with van der Waals surface area (Å²) in [6.45, 7) is -0.376. The van der Waals surface area contributed by atoms with E-state index in [9.17, 15) is 18.4 Å². The largest absolute Gasteiger partial charge is 0.366 e. The highest BCUT2D eigenvalue weighted by Crippen LogP contribution is 2.51. The van der Waals surface area contributed by atoms with Gasteiger partial charge in [-0.3, -0.25) is 9.59 Å². The summed E-state index contributed by atoms with van der Waals surface area (Å²) in [7, 11) is 0. The zero-order valence-corrected chi connectivity index (χ0v) is 13.8. The second-order valence-corrected chi connectivity index (χ2v) is 7.52. The van der Waals surface area contributed by atoms with E-state index in [1.165, 1.54) is 12.8 Å². The molecule has 0 saturated heterocycles. The third-order valence-corrected chi connectivity index (χ3v) is 5.56.